The molecule has 0 aliphatic carbocycles. The molecule has 1 aliphatic heterocycles. The first-order valence-electron chi connectivity index (χ1n) is 7.94. The maximum atomic E-state index is 12.2. The molecule has 2 N–H and O–H groups in total. The van der Waals surface area contributed by atoms with E-state index in [4.69, 9.17) is 4.74 Å². The van der Waals surface area contributed by atoms with E-state index in [1.807, 2.05) is 50.2 Å². The minimum absolute atomic E-state index is 0.0228. The van der Waals surface area contributed by atoms with Gasteiger partial charge in [0.05, 0.1) is 5.69 Å². The normalized spacial score (nSPS) is 12.8. The summed E-state index contributed by atoms with van der Waals surface area (Å²) in [7, 11) is 0. The zero-order valence-electron chi connectivity index (χ0n) is 13.8. The quantitative estimate of drug-likeness (QED) is 0.907. The van der Waals surface area contributed by atoms with Crippen molar-refractivity contribution in [1.29, 1.82) is 0 Å². The smallest absolute Gasteiger partial charge is 0.262 e. The third-order valence-electron chi connectivity index (χ3n) is 4.06. The summed E-state index contributed by atoms with van der Waals surface area (Å²) in [5.41, 5.74) is 4.64. The number of aryl methyl sites for hydroxylation is 3. The lowest BCUT2D eigenvalue weighted by Gasteiger charge is -2.18. The number of anilines is 2. The van der Waals surface area contributed by atoms with Gasteiger partial charge in [0.25, 0.3) is 5.91 Å². The molecule has 0 saturated heterocycles. The zero-order valence-corrected chi connectivity index (χ0v) is 13.8. The van der Waals surface area contributed by atoms with E-state index in [0.717, 1.165) is 22.4 Å². The second-order valence-corrected chi connectivity index (χ2v) is 5.98. The van der Waals surface area contributed by atoms with E-state index >= 15 is 0 Å². The van der Waals surface area contributed by atoms with E-state index < -0.39 is 0 Å². The Hall–Kier alpha value is -2.82. The van der Waals surface area contributed by atoms with E-state index in [1.54, 1.807) is 0 Å². The molecule has 0 unspecified atom stereocenters. The topological polar surface area (TPSA) is 67.4 Å². The number of nitrogens with one attached hydrogen (secondary N) is 2. The molecular formula is C19H20N2O3. The standard InChI is InChI=1S/C19H20N2O3/c1-12-4-3-5-13(2)19(12)21-17(22)9-7-14-6-8-16-15(10-14)20-18(23)11-24-16/h3-6,8,10H,7,9,11H2,1-2H3,(H,20,23)(H,21,22). The molecule has 5 heteroatoms. The summed E-state index contributed by atoms with van der Waals surface area (Å²) in [5.74, 6) is 0.483. The molecule has 0 atom stereocenters. The Labute approximate surface area is 141 Å². The Morgan fingerprint density at radius 2 is 1.96 bits per heavy atom. The highest BCUT2D eigenvalue weighted by atomic mass is 16.5. The van der Waals surface area contributed by atoms with Crippen LogP contribution in [0.1, 0.15) is 23.1 Å². The van der Waals surface area contributed by atoms with Crippen LogP contribution >= 0.6 is 0 Å². The second kappa shape index (κ2) is 6.74. The van der Waals surface area contributed by atoms with E-state index in [9.17, 15) is 9.59 Å². The molecule has 3 rings (SSSR count). The van der Waals surface area contributed by atoms with Gasteiger partial charge in [0.15, 0.2) is 6.61 Å². The number of benzene rings is 2. The van der Waals surface area contributed by atoms with Crippen LogP contribution in [-0.2, 0) is 16.0 Å². The Balaban J connectivity index is 1.62. The maximum absolute atomic E-state index is 12.2. The van der Waals surface area contributed by atoms with Crippen LogP contribution in [-0.4, -0.2) is 18.4 Å². The Morgan fingerprint density at radius 1 is 1.21 bits per heavy atom. The number of carbonyl (C=O) groups is 2. The fourth-order valence-corrected chi connectivity index (χ4v) is 2.76. The third-order valence-corrected chi connectivity index (χ3v) is 4.06. The fourth-order valence-electron chi connectivity index (χ4n) is 2.76. The Bertz CT molecular complexity index is 779. The molecule has 0 aromatic heterocycles. The van der Waals surface area contributed by atoms with E-state index in [1.165, 1.54) is 0 Å². The van der Waals surface area contributed by atoms with Crippen LogP contribution in [0.4, 0.5) is 11.4 Å². The van der Waals surface area contributed by atoms with Crippen molar-refractivity contribution in [2.75, 3.05) is 17.2 Å². The van der Waals surface area contributed by atoms with Gasteiger partial charge in [0.1, 0.15) is 5.75 Å². The van der Waals surface area contributed by atoms with Crippen molar-refractivity contribution in [2.45, 2.75) is 26.7 Å². The van der Waals surface area contributed by atoms with E-state index in [2.05, 4.69) is 10.6 Å². The molecule has 1 heterocycles. The molecule has 0 saturated carbocycles. The molecular weight excluding hydrogens is 304 g/mol. The van der Waals surface area contributed by atoms with E-state index in [0.29, 0.717) is 24.3 Å². The molecule has 2 aromatic carbocycles. The first-order chi connectivity index (χ1) is 11.5. The largest absolute Gasteiger partial charge is 0.482 e. The van der Waals surface area contributed by atoms with Crippen molar-refractivity contribution in [3.05, 3.63) is 53.1 Å². The van der Waals surface area contributed by atoms with Gasteiger partial charge in [0.2, 0.25) is 5.91 Å². The molecule has 0 radical (unpaired) electrons. The fraction of sp³-hybridized carbons (Fsp3) is 0.263. The predicted octanol–water partition coefficient (Wildman–Crippen LogP) is 3.21. The molecule has 2 aromatic rings. The monoisotopic (exact) mass is 324 g/mol. The molecule has 2 amide bonds. The average molecular weight is 324 g/mol. The molecule has 0 bridgehead atoms. The number of hydrogen-bond donors (Lipinski definition) is 2. The molecule has 124 valence electrons. The number of para-hydroxylation sites is 1. The lowest BCUT2D eigenvalue weighted by atomic mass is 10.1. The molecule has 0 spiro atoms. The highest BCUT2D eigenvalue weighted by Crippen LogP contribution is 2.29. The van der Waals surface area contributed by atoms with Gasteiger partial charge < -0.3 is 15.4 Å². The van der Waals surface area contributed by atoms with Gasteiger partial charge in [-0.25, -0.2) is 0 Å². The highest BCUT2D eigenvalue weighted by molar-refractivity contribution is 5.95. The highest BCUT2D eigenvalue weighted by Gasteiger charge is 2.16. The summed E-state index contributed by atoms with van der Waals surface area (Å²) in [6.07, 6.45) is 0.973. The number of ether oxygens (including phenoxy) is 1. The SMILES string of the molecule is Cc1cccc(C)c1NC(=O)CCc1ccc2c(c1)NC(=O)CO2. The van der Waals surface area contributed by atoms with Crippen LogP contribution in [0.3, 0.4) is 0 Å². The van der Waals surface area contributed by atoms with Crippen molar-refractivity contribution in [3.63, 3.8) is 0 Å². The number of amides is 2. The first-order valence-corrected chi connectivity index (χ1v) is 7.94. The van der Waals surface area contributed by atoms with Crippen molar-refractivity contribution in [3.8, 4) is 5.75 Å². The average Bonchev–Trinajstić information content (AvgIpc) is 2.56. The summed E-state index contributed by atoms with van der Waals surface area (Å²) >= 11 is 0. The minimum atomic E-state index is -0.160. The van der Waals surface area contributed by atoms with Crippen LogP contribution < -0.4 is 15.4 Å². The van der Waals surface area contributed by atoms with Crippen LogP contribution in [0.15, 0.2) is 36.4 Å². The second-order valence-electron chi connectivity index (χ2n) is 5.98. The summed E-state index contributed by atoms with van der Waals surface area (Å²) in [6, 6.07) is 11.5. The summed E-state index contributed by atoms with van der Waals surface area (Å²) < 4.78 is 5.33. The van der Waals surface area contributed by atoms with Crippen LogP contribution in [0, 0.1) is 13.8 Å². The first kappa shape index (κ1) is 16.1. The lowest BCUT2D eigenvalue weighted by molar-refractivity contribution is -0.118. The Kier molecular flexibility index (Phi) is 4.51. The Morgan fingerprint density at radius 3 is 2.71 bits per heavy atom. The van der Waals surface area contributed by atoms with Gasteiger partial charge in [-0.05, 0) is 49.1 Å². The number of hydrogen-bond acceptors (Lipinski definition) is 3. The van der Waals surface area contributed by atoms with Gasteiger partial charge in [0, 0.05) is 12.1 Å². The number of fused-ring (bicyclic) bond motifs is 1. The van der Waals surface area contributed by atoms with Gasteiger partial charge in [-0.15, -0.1) is 0 Å². The zero-order chi connectivity index (χ0) is 17.1. The van der Waals surface area contributed by atoms with Gasteiger partial charge in [-0.1, -0.05) is 24.3 Å². The van der Waals surface area contributed by atoms with Gasteiger partial charge in [-0.3, -0.25) is 9.59 Å². The van der Waals surface area contributed by atoms with E-state index in [-0.39, 0.29) is 18.4 Å². The molecule has 0 fully saturated rings. The summed E-state index contributed by atoms with van der Waals surface area (Å²) in [6.45, 7) is 4.01. The molecule has 24 heavy (non-hydrogen) atoms. The molecule has 1 aliphatic rings. The van der Waals surface area contributed by atoms with Crippen molar-refractivity contribution < 1.29 is 14.3 Å². The summed E-state index contributed by atoms with van der Waals surface area (Å²) in [5, 5.41) is 5.76. The minimum Gasteiger partial charge on any atom is -0.482 e. The van der Waals surface area contributed by atoms with Crippen molar-refractivity contribution >= 4 is 23.2 Å². The van der Waals surface area contributed by atoms with Crippen LogP contribution in [0.5, 0.6) is 5.75 Å². The maximum Gasteiger partial charge on any atom is 0.262 e. The number of carbonyl (C=O) groups excluding carboxylic acids is 2. The molecule has 5 nitrogen and oxygen atoms in total. The predicted molar refractivity (Wildman–Crippen MR) is 93.4 cm³/mol. The van der Waals surface area contributed by atoms with Crippen molar-refractivity contribution in [2.24, 2.45) is 0 Å². The van der Waals surface area contributed by atoms with Gasteiger partial charge >= 0.3 is 0 Å². The number of rotatable bonds is 4. The summed E-state index contributed by atoms with van der Waals surface area (Å²) in [4.78, 5) is 23.6. The third kappa shape index (κ3) is 3.56. The van der Waals surface area contributed by atoms with Crippen molar-refractivity contribution in [1.82, 2.24) is 0 Å². The van der Waals surface area contributed by atoms with Gasteiger partial charge in [-0.2, -0.15) is 0 Å². The lowest BCUT2D eigenvalue weighted by Crippen LogP contribution is -2.25. The van der Waals surface area contributed by atoms with Crippen LogP contribution in [0.2, 0.25) is 0 Å². The van der Waals surface area contributed by atoms with Crippen LogP contribution in [0.25, 0.3) is 0 Å².